The van der Waals surface area contributed by atoms with E-state index >= 15 is 0 Å². The Morgan fingerprint density at radius 1 is 1.17 bits per heavy atom. The lowest BCUT2D eigenvalue weighted by atomic mass is 10.1. The molecule has 1 N–H and O–H groups in total. The smallest absolute Gasteiger partial charge is 0.344 e. The van der Waals surface area contributed by atoms with Gasteiger partial charge in [0.25, 0.3) is 0 Å². The molecule has 1 aliphatic rings. The quantitative estimate of drug-likeness (QED) is 0.694. The number of halogens is 1. The number of aliphatic hydroxyl groups is 1. The number of thioether (sulfide) groups is 1. The fourth-order valence-electron chi connectivity index (χ4n) is 2.64. The average Bonchev–Trinajstić information content (AvgIpc) is 2.99. The SMILES string of the molecule is CCOC(=O)C1=C(O)/C(=C\c2ccc(N(C)C)cc2)SC1=Nc1ccc(F)cc1. The number of ether oxygens (including phenoxy) is 1. The van der Waals surface area contributed by atoms with Crippen molar-refractivity contribution in [2.24, 2.45) is 4.99 Å². The van der Waals surface area contributed by atoms with E-state index in [0.29, 0.717) is 15.6 Å². The van der Waals surface area contributed by atoms with Crippen LogP contribution in [-0.2, 0) is 9.53 Å². The van der Waals surface area contributed by atoms with E-state index in [1.807, 2.05) is 43.3 Å². The molecule has 0 amide bonds. The highest BCUT2D eigenvalue weighted by molar-refractivity contribution is 8.18. The van der Waals surface area contributed by atoms with Gasteiger partial charge in [-0.15, -0.1) is 0 Å². The number of anilines is 1. The highest BCUT2D eigenvalue weighted by atomic mass is 32.2. The molecule has 3 rings (SSSR count). The molecule has 0 saturated carbocycles. The number of benzene rings is 2. The topological polar surface area (TPSA) is 62.1 Å². The zero-order valence-electron chi connectivity index (χ0n) is 16.3. The van der Waals surface area contributed by atoms with E-state index in [9.17, 15) is 14.3 Å². The zero-order valence-corrected chi connectivity index (χ0v) is 17.2. The van der Waals surface area contributed by atoms with E-state index in [2.05, 4.69) is 4.99 Å². The average molecular weight is 412 g/mol. The maximum atomic E-state index is 13.2. The summed E-state index contributed by atoms with van der Waals surface area (Å²) in [5, 5.41) is 11.0. The molecular formula is C22H21FN2O3S. The van der Waals surface area contributed by atoms with Gasteiger partial charge in [0.05, 0.1) is 17.2 Å². The molecule has 0 atom stereocenters. The Bertz CT molecular complexity index is 994. The third kappa shape index (κ3) is 4.86. The van der Waals surface area contributed by atoms with Crippen LogP contribution in [-0.4, -0.2) is 36.8 Å². The van der Waals surface area contributed by atoms with E-state index in [1.165, 1.54) is 36.0 Å². The number of nitrogens with zero attached hydrogens (tertiary/aromatic N) is 2. The molecule has 0 spiro atoms. The van der Waals surface area contributed by atoms with Crippen molar-refractivity contribution >= 4 is 40.2 Å². The van der Waals surface area contributed by atoms with Gasteiger partial charge in [-0.1, -0.05) is 23.9 Å². The van der Waals surface area contributed by atoms with Crippen LogP contribution in [0.2, 0.25) is 0 Å². The Labute approximate surface area is 173 Å². The lowest BCUT2D eigenvalue weighted by molar-refractivity contribution is -0.138. The number of carbonyl (C=O) groups is 1. The number of aliphatic imine (C=N–C) groups is 1. The molecule has 0 radical (unpaired) electrons. The fourth-order valence-corrected chi connectivity index (χ4v) is 3.68. The van der Waals surface area contributed by atoms with Gasteiger partial charge in [0.1, 0.15) is 22.2 Å². The largest absolute Gasteiger partial charge is 0.506 e. The van der Waals surface area contributed by atoms with E-state index in [-0.39, 0.29) is 23.8 Å². The van der Waals surface area contributed by atoms with Crippen LogP contribution in [0.5, 0.6) is 0 Å². The van der Waals surface area contributed by atoms with E-state index in [1.54, 1.807) is 13.0 Å². The normalized spacial score (nSPS) is 16.6. The van der Waals surface area contributed by atoms with Crippen molar-refractivity contribution in [1.82, 2.24) is 0 Å². The summed E-state index contributed by atoms with van der Waals surface area (Å²) >= 11 is 1.17. The molecule has 7 heteroatoms. The summed E-state index contributed by atoms with van der Waals surface area (Å²) in [5.74, 6) is -1.20. The lowest BCUT2D eigenvalue weighted by Crippen LogP contribution is -2.12. The van der Waals surface area contributed by atoms with Crippen molar-refractivity contribution < 1.29 is 19.0 Å². The molecule has 29 heavy (non-hydrogen) atoms. The minimum absolute atomic E-state index is 0.0114. The summed E-state index contributed by atoms with van der Waals surface area (Å²) in [6, 6.07) is 13.4. The van der Waals surface area contributed by atoms with Gasteiger partial charge in [-0.2, -0.15) is 0 Å². The van der Waals surface area contributed by atoms with Crippen LogP contribution in [0, 0.1) is 5.82 Å². The van der Waals surface area contributed by atoms with Gasteiger partial charge in [0.15, 0.2) is 0 Å². The van der Waals surface area contributed by atoms with Crippen LogP contribution < -0.4 is 4.90 Å². The first-order chi connectivity index (χ1) is 13.9. The van der Waals surface area contributed by atoms with Crippen molar-refractivity contribution in [3.8, 4) is 0 Å². The van der Waals surface area contributed by atoms with Gasteiger partial charge in [0.2, 0.25) is 0 Å². The minimum Gasteiger partial charge on any atom is -0.506 e. The van der Waals surface area contributed by atoms with Gasteiger partial charge in [0, 0.05) is 19.8 Å². The first-order valence-electron chi connectivity index (χ1n) is 9.01. The van der Waals surface area contributed by atoms with Gasteiger partial charge in [-0.25, -0.2) is 14.2 Å². The molecule has 5 nitrogen and oxygen atoms in total. The third-order valence-electron chi connectivity index (χ3n) is 4.13. The highest BCUT2D eigenvalue weighted by Crippen LogP contribution is 2.40. The molecule has 0 aliphatic carbocycles. The second kappa shape index (κ2) is 8.96. The van der Waals surface area contributed by atoms with Gasteiger partial charge in [-0.3, -0.25) is 0 Å². The molecule has 150 valence electrons. The molecule has 1 aliphatic heterocycles. The van der Waals surface area contributed by atoms with E-state index in [0.717, 1.165) is 11.3 Å². The Kier molecular flexibility index (Phi) is 6.39. The first kappa shape index (κ1) is 20.7. The number of carbonyl (C=O) groups excluding carboxylic acids is 1. The number of hydrogen-bond donors (Lipinski definition) is 1. The molecule has 0 unspecified atom stereocenters. The van der Waals surface area contributed by atoms with Gasteiger partial charge < -0.3 is 14.7 Å². The van der Waals surface area contributed by atoms with Crippen LogP contribution >= 0.6 is 11.8 Å². The number of rotatable bonds is 5. The monoisotopic (exact) mass is 412 g/mol. The van der Waals surface area contributed by atoms with Crippen LogP contribution in [0.4, 0.5) is 15.8 Å². The van der Waals surface area contributed by atoms with Crippen LogP contribution in [0.1, 0.15) is 12.5 Å². The fraction of sp³-hybridized carbons (Fsp3) is 0.182. The van der Waals surface area contributed by atoms with Crippen LogP contribution in [0.3, 0.4) is 0 Å². The molecule has 0 saturated heterocycles. The summed E-state index contributed by atoms with van der Waals surface area (Å²) in [6.07, 6.45) is 1.78. The Balaban J connectivity index is 1.99. The summed E-state index contributed by atoms with van der Waals surface area (Å²) in [7, 11) is 3.91. The Morgan fingerprint density at radius 2 is 1.83 bits per heavy atom. The van der Waals surface area contributed by atoms with Crippen molar-refractivity contribution in [3.05, 3.63) is 76.1 Å². The third-order valence-corrected chi connectivity index (χ3v) is 5.15. The Morgan fingerprint density at radius 3 is 2.41 bits per heavy atom. The predicted molar refractivity (Wildman–Crippen MR) is 116 cm³/mol. The van der Waals surface area contributed by atoms with Crippen LogP contribution in [0.15, 0.2) is 69.8 Å². The van der Waals surface area contributed by atoms with Crippen molar-refractivity contribution in [2.45, 2.75) is 6.92 Å². The second-order valence-electron chi connectivity index (χ2n) is 6.43. The molecule has 2 aromatic carbocycles. The first-order valence-corrected chi connectivity index (χ1v) is 9.83. The molecule has 0 bridgehead atoms. The molecular weight excluding hydrogens is 391 g/mol. The summed E-state index contributed by atoms with van der Waals surface area (Å²) in [5.41, 5.74) is 2.41. The van der Waals surface area contributed by atoms with Crippen molar-refractivity contribution in [2.75, 3.05) is 25.6 Å². The zero-order chi connectivity index (χ0) is 21.0. The van der Waals surface area contributed by atoms with Crippen LogP contribution in [0.25, 0.3) is 6.08 Å². The maximum absolute atomic E-state index is 13.2. The number of aliphatic hydroxyl groups excluding tert-OH is 1. The standard InChI is InChI=1S/C22H21FN2O3S/c1-4-28-22(27)19-20(26)18(13-14-5-11-17(12-6-14)25(2)3)29-21(19)24-16-9-7-15(23)8-10-16/h5-13,26H,4H2,1-3H3/b18-13+,24-21?. The number of hydrogen-bond acceptors (Lipinski definition) is 6. The van der Waals surface area contributed by atoms with Crippen molar-refractivity contribution in [3.63, 3.8) is 0 Å². The minimum atomic E-state index is -0.648. The maximum Gasteiger partial charge on any atom is 0.344 e. The Hall–Kier alpha value is -3.06. The predicted octanol–water partition coefficient (Wildman–Crippen LogP) is 5.08. The summed E-state index contributed by atoms with van der Waals surface area (Å²) in [4.78, 5) is 19.3. The summed E-state index contributed by atoms with van der Waals surface area (Å²) < 4.78 is 18.2. The molecule has 2 aromatic rings. The molecule has 1 heterocycles. The number of esters is 1. The second-order valence-corrected chi connectivity index (χ2v) is 7.46. The molecule has 0 aromatic heterocycles. The van der Waals surface area contributed by atoms with Crippen molar-refractivity contribution in [1.29, 1.82) is 0 Å². The molecule has 0 fully saturated rings. The van der Waals surface area contributed by atoms with E-state index in [4.69, 9.17) is 4.74 Å². The highest BCUT2D eigenvalue weighted by Gasteiger charge is 2.33. The summed E-state index contributed by atoms with van der Waals surface area (Å²) in [6.45, 7) is 1.87. The van der Waals surface area contributed by atoms with Gasteiger partial charge >= 0.3 is 5.97 Å². The lowest BCUT2D eigenvalue weighted by Gasteiger charge is -2.11. The van der Waals surface area contributed by atoms with E-state index < -0.39 is 5.97 Å². The van der Waals surface area contributed by atoms with Gasteiger partial charge in [-0.05, 0) is 55.0 Å².